The van der Waals surface area contributed by atoms with Gasteiger partial charge in [-0.3, -0.25) is 5.41 Å². The van der Waals surface area contributed by atoms with Gasteiger partial charge in [-0.25, -0.2) is 0 Å². The highest BCUT2D eigenvalue weighted by Gasteiger charge is 2.04. The van der Waals surface area contributed by atoms with E-state index in [2.05, 4.69) is 37.3 Å². The van der Waals surface area contributed by atoms with Gasteiger partial charge in [0.25, 0.3) is 0 Å². The second-order valence-electron chi connectivity index (χ2n) is 4.31. The number of aryl methyl sites for hydroxylation is 2. The van der Waals surface area contributed by atoms with Crippen molar-refractivity contribution in [2.75, 3.05) is 0 Å². The van der Waals surface area contributed by atoms with Crippen molar-refractivity contribution in [3.8, 4) is 0 Å². The summed E-state index contributed by atoms with van der Waals surface area (Å²) in [5.74, 6) is 0.124. The van der Waals surface area contributed by atoms with Gasteiger partial charge in [-0.1, -0.05) is 29.5 Å². The zero-order valence-corrected chi connectivity index (χ0v) is 11.3. The van der Waals surface area contributed by atoms with Crippen molar-refractivity contribution in [1.82, 2.24) is 0 Å². The van der Waals surface area contributed by atoms with Gasteiger partial charge in [-0.15, -0.1) is 0 Å². The largest absolute Gasteiger partial charge is 0.384 e. The Morgan fingerprint density at radius 1 is 1.00 bits per heavy atom. The minimum atomic E-state index is 0.124. The molecule has 0 aliphatic rings. The molecule has 2 nitrogen and oxygen atoms in total. The molecule has 3 N–H and O–H groups in total. The number of hydrogen-bond acceptors (Lipinski definition) is 2. The molecule has 2 aromatic rings. The van der Waals surface area contributed by atoms with E-state index in [-0.39, 0.29) is 5.84 Å². The molecule has 0 amide bonds. The number of nitrogen functional groups attached to an aromatic ring is 1. The lowest BCUT2D eigenvalue weighted by Gasteiger charge is -2.07. The third kappa shape index (κ3) is 2.93. The van der Waals surface area contributed by atoms with Crippen LogP contribution in [-0.4, -0.2) is 5.84 Å². The average molecular weight is 256 g/mol. The maximum atomic E-state index is 7.46. The molecule has 92 valence electrons. The summed E-state index contributed by atoms with van der Waals surface area (Å²) < 4.78 is 0. The van der Waals surface area contributed by atoms with E-state index in [0.717, 1.165) is 11.1 Å². The minimum Gasteiger partial charge on any atom is -0.384 e. The molecule has 0 heterocycles. The van der Waals surface area contributed by atoms with Crippen LogP contribution in [0.5, 0.6) is 0 Å². The number of benzene rings is 2. The van der Waals surface area contributed by atoms with Crippen LogP contribution >= 0.6 is 11.8 Å². The van der Waals surface area contributed by atoms with Gasteiger partial charge in [-0.2, -0.15) is 0 Å². The van der Waals surface area contributed by atoms with E-state index in [9.17, 15) is 0 Å². The summed E-state index contributed by atoms with van der Waals surface area (Å²) in [7, 11) is 0. The fourth-order valence-electron chi connectivity index (χ4n) is 1.74. The molecule has 0 aliphatic carbocycles. The Kier molecular flexibility index (Phi) is 3.72. The van der Waals surface area contributed by atoms with Crippen LogP contribution in [0.4, 0.5) is 0 Å². The van der Waals surface area contributed by atoms with E-state index < -0.39 is 0 Å². The van der Waals surface area contributed by atoms with Gasteiger partial charge in [0.1, 0.15) is 5.84 Å². The van der Waals surface area contributed by atoms with E-state index in [1.165, 1.54) is 15.4 Å². The van der Waals surface area contributed by atoms with E-state index in [0.29, 0.717) is 0 Å². The third-order valence-corrected chi connectivity index (χ3v) is 3.74. The van der Waals surface area contributed by atoms with Gasteiger partial charge < -0.3 is 5.73 Å². The molecule has 0 fully saturated rings. The monoisotopic (exact) mass is 256 g/mol. The molecule has 0 atom stereocenters. The Labute approximate surface area is 112 Å². The molecule has 0 aromatic heterocycles. The summed E-state index contributed by atoms with van der Waals surface area (Å²) in [5.41, 5.74) is 8.63. The highest BCUT2D eigenvalue weighted by molar-refractivity contribution is 7.99. The van der Waals surface area contributed by atoms with Gasteiger partial charge in [0.2, 0.25) is 0 Å². The van der Waals surface area contributed by atoms with Gasteiger partial charge in [0.15, 0.2) is 0 Å². The van der Waals surface area contributed by atoms with E-state index in [4.69, 9.17) is 11.1 Å². The van der Waals surface area contributed by atoms with Crippen LogP contribution < -0.4 is 5.73 Å². The lowest BCUT2D eigenvalue weighted by Crippen LogP contribution is -2.12. The lowest BCUT2D eigenvalue weighted by molar-refractivity contribution is 1.30. The van der Waals surface area contributed by atoms with Crippen molar-refractivity contribution in [3.63, 3.8) is 0 Å². The second-order valence-corrected chi connectivity index (χ2v) is 5.45. The van der Waals surface area contributed by atoms with Crippen molar-refractivity contribution < 1.29 is 0 Å². The number of nitrogens with one attached hydrogen (secondary N) is 1. The van der Waals surface area contributed by atoms with E-state index >= 15 is 0 Å². The van der Waals surface area contributed by atoms with Crippen LogP contribution in [0.15, 0.2) is 52.3 Å². The average Bonchev–Trinajstić information content (AvgIpc) is 2.32. The van der Waals surface area contributed by atoms with Crippen molar-refractivity contribution >= 4 is 17.6 Å². The SMILES string of the molecule is Cc1ccc(Sc2ccc(C(=N)N)c(C)c2)cc1. The highest BCUT2D eigenvalue weighted by Crippen LogP contribution is 2.29. The van der Waals surface area contributed by atoms with Gasteiger partial charge in [-0.05, 0) is 49.7 Å². The van der Waals surface area contributed by atoms with Crippen molar-refractivity contribution in [3.05, 3.63) is 59.2 Å². The molecular formula is C15H16N2S. The maximum absolute atomic E-state index is 7.46. The Bertz CT molecular complexity index is 574. The van der Waals surface area contributed by atoms with Crippen LogP contribution in [0.2, 0.25) is 0 Å². The standard InChI is InChI=1S/C15H16N2S/c1-10-3-5-12(6-4-10)18-13-7-8-14(15(16)17)11(2)9-13/h3-9H,1-2H3,(H3,16,17). The Morgan fingerprint density at radius 3 is 2.17 bits per heavy atom. The quantitative estimate of drug-likeness (QED) is 0.649. The van der Waals surface area contributed by atoms with Gasteiger partial charge in [0.05, 0.1) is 0 Å². The summed E-state index contributed by atoms with van der Waals surface area (Å²) >= 11 is 1.72. The molecule has 0 unspecified atom stereocenters. The first-order valence-electron chi connectivity index (χ1n) is 5.76. The maximum Gasteiger partial charge on any atom is 0.123 e. The van der Waals surface area contributed by atoms with Crippen LogP contribution in [0, 0.1) is 19.3 Å². The first-order valence-corrected chi connectivity index (χ1v) is 6.57. The minimum absolute atomic E-state index is 0.124. The Hall–Kier alpha value is -1.74. The molecule has 2 rings (SSSR count). The molecule has 0 radical (unpaired) electrons. The molecule has 0 saturated heterocycles. The summed E-state index contributed by atoms with van der Waals surface area (Å²) in [4.78, 5) is 2.39. The smallest absolute Gasteiger partial charge is 0.123 e. The molecule has 0 spiro atoms. The molecule has 2 aromatic carbocycles. The summed E-state index contributed by atoms with van der Waals surface area (Å²) in [6.07, 6.45) is 0. The van der Waals surface area contributed by atoms with E-state index in [1.807, 2.05) is 19.1 Å². The zero-order chi connectivity index (χ0) is 13.1. The number of nitrogens with two attached hydrogens (primary N) is 1. The van der Waals surface area contributed by atoms with Gasteiger partial charge in [0, 0.05) is 15.4 Å². The molecular weight excluding hydrogens is 240 g/mol. The molecule has 3 heteroatoms. The van der Waals surface area contributed by atoms with E-state index in [1.54, 1.807) is 11.8 Å². The molecule has 0 bridgehead atoms. The van der Waals surface area contributed by atoms with Crippen molar-refractivity contribution in [2.45, 2.75) is 23.6 Å². The molecule has 0 aliphatic heterocycles. The predicted molar refractivity (Wildman–Crippen MR) is 77.5 cm³/mol. The number of amidine groups is 1. The van der Waals surface area contributed by atoms with Crippen molar-refractivity contribution in [1.29, 1.82) is 5.41 Å². The summed E-state index contributed by atoms with van der Waals surface area (Å²) in [6, 6.07) is 14.4. The third-order valence-electron chi connectivity index (χ3n) is 2.74. The second kappa shape index (κ2) is 5.27. The van der Waals surface area contributed by atoms with Crippen molar-refractivity contribution in [2.24, 2.45) is 5.73 Å². The predicted octanol–water partition coefficient (Wildman–Crippen LogP) is 3.74. The zero-order valence-electron chi connectivity index (χ0n) is 10.5. The Morgan fingerprint density at radius 2 is 1.61 bits per heavy atom. The normalized spacial score (nSPS) is 10.3. The number of rotatable bonds is 3. The summed E-state index contributed by atoms with van der Waals surface area (Å²) in [5, 5.41) is 7.46. The molecule has 18 heavy (non-hydrogen) atoms. The van der Waals surface area contributed by atoms with Crippen LogP contribution in [-0.2, 0) is 0 Å². The fourth-order valence-corrected chi connectivity index (χ4v) is 2.66. The van der Waals surface area contributed by atoms with Crippen LogP contribution in [0.25, 0.3) is 0 Å². The highest BCUT2D eigenvalue weighted by atomic mass is 32.2. The lowest BCUT2D eigenvalue weighted by atomic mass is 10.1. The fraction of sp³-hybridized carbons (Fsp3) is 0.133. The first kappa shape index (κ1) is 12.7. The first-order chi connectivity index (χ1) is 8.56. The molecule has 0 saturated carbocycles. The van der Waals surface area contributed by atoms with Crippen LogP contribution in [0.3, 0.4) is 0 Å². The van der Waals surface area contributed by atoms with Gasteiger partial charge >= 0.3 is 0 Å². The topological polar surface area (TPSA) is 49.9 Å². The van der Waals surface area contributed by atoms with Crippen LogP contribution in [0.1, 0.15) is 16.7 Å². The number of hydrogen-bond donors (Lipinski definition) is 2. The summed E-state index contributed by atoms with van der Waals surface area (Å²) in [6.45, 7) is 4.07. The Balaban J connectivity index is 2.22.